The molecule has 0 bridgehead atoms. The van der Waals surface area contributed by atoms with Gasteiger partial charge < -0.3 is 5.11 Å². The van der Waals surface area contributed by atoms with Crippen molar-refractivity contribution in [1.29, 1.82) is 5.26 Å². The summed E-state index contributed by atoms with van der Waals surface area (Å²) in [6.45, 7) is 5.16. The lowest BCUT2D eigenvalue weighted by molar-refractivity contribution is 0.0972. The van der Waals surface area contributed by atoms with E-state index in [1.165, 1.54) is 6.07 Å². The van der Waals surface area contributed by atoms with Crippen LogP contribution < -0.4 is 0 Å². The maximum atomic E-state index is 14.2. The fraction of sp³-hybridized carbons (Fsp3) is 0.235. The topological polar surface area (TPSA) is 44.0 Å². The van der Waals surface area contributed by atoms with E-state index in [9.17, 15) is 9.50 Å². The molecular formula is C17H16FNO. The van der Waals surface area contributed by atoms with Gasteiger partial charge in [0.1, 0.15) is 11.4 Å². The standard InChI is InChI=1S/C17H16FNO/c1-11-8-12(2)16(15(18)9-11)17(3,20)14-6-4-13(10-19)5-7-14/h4-9,20H,1-3H3. The molecule has 0 saturated heterocycles. The average Bonchev–Trinajstić information content (AvgIpc) is 2.37. The molecule has 1 N–H and O–H groups in total. The SMILES string of the molecule is Cc1cc(C)c(C(C)(O)c2ccc(C#N)cc2)c(F)c1. The first-order valence-electron chi connectivity index (χ1n) is 6.36. The fourth-order valence-corrected chi connectivity index (χ4v) is 2.55. The van der Waals surface area contributed by atoms with Crippen molar-refractivity contribution in [2.24, 2.45) is 0 Å². The minimum Gasteiger partial charge on any atom is -0.381 e. The van der Waals surface area contributed by atoms with Gasteiger partial charge >= 0.3 is 0 Å². The van der Waals surface area contributed by atoms with E-state index in [2.05, 4.69) is 0 Å². The summed E-state index contributed by atoms with van der Waals surface area (Å²) in [6.07, 6.45) is 0. The predicted octanol–water partition coefficient (Wildman–Crippen LogP) is 3.57. The van der Waals surface area contributed by atoms with Crippen molar-refractivity contribution in [3.05, 3.63) is 70.0 Å². The third-order valence-corrected chi connectivity index (χ3v) is 3.49. The van der Waals surface area contributed by atoms with Crippen LogP contribution >= 0.6 is 0 Å². The van der Waals surface area contributed by atoms with Gasteiger partial charge in [-0.05, 0) is 55.7 Å². The van der Waals surface area contributed by atoms with Crippen LogP contribution in [0.2, 0.25) is 0 Å². The van der Waals surface area contributed by atoms with Crippen LogP contribution in [0.15, 0.2) is 36.4 Å². The minimum absolute atomic E-state index is 0.271. The molecule has 2 nitrogen and oxygen atoms in total. The summed E-state index contributed by atoms with van der Waals surface area (Å²) < 4.78 is 14.2. The summed E-state index contributed by atoms with van der Waals surface area (Å²) in [7, 11) is 0. The minimum atomic E-state index is -1.43. The molecule has 2 rings (SSSR count). The highest BCUT2D eigenvalue weighted by molar-refractivity contribution is 5.44. The molecule has 2 aromatic carbocycles. The summed E-state index contributed by atoms with van der Waals surface area (Å²) in [5.41, 5.74) is 1.42. The number of hydrogen-bond acceptors (Lipinski definition) is 2. The number of aryl methyl sites for hydroxylation is 2. The van der Waals surface area contributed by atoms with Crippen molar-refractivity contribution in [3.63, 3.8) is 0 Å². The van der Waals surface area contributed by atoms with Crippen LogP contribution in [0.25, 0.3) is 0 Å². The van der Waals surface area contributed by atoms with Gasteiger partial charge in [-0.2, -0.15) is 5.26 Å². The normalized spacial score (nSPS) is 13.6. The van der Waals surface area contributed by atoms with Crippen LogP contribution in [0.4, 0.5) is 4.39 Å². The number of halogens is 1. The lowest BCUT2D eigenvalue weighted by atomic mass is 9.84. The Bertz CT molecular complexity index is 658. The number of nitrogens with zero attached hydrogens (tertiary/aromatic N) is 1. The molecule has 20 heavy (non-hydrogen) atoms. The molecule has 1 unspecified atom stereocenters. The van der Waals surface area contributed by atoms with Crippen molar-refractivity contribution < 1.29 is 9.50 Å². The van der Waals surface area contributed by atoms with Crippen molar-refractivity contribution in [2.45, 2.75) is 26.4 Å². The Hall–Kier alpha value is -2.18. The molecule has 2 aromatic rings. The van der Waals surface area contributed by atoms with E-state index in [4.69, 9.17) is 5.26 Å². The first kappa shape index (κ1) is 14.2. The van der Waals surface area contributed by atoms with Crippen LogP contribution in [0, 0.1) is 31.0 Å². The Kier molecular flexibility index (Phi) is 3.61. The molecule has 0 amide bonds. The Morgan fingerprint density at radius 1 is 1.15 bits per heavy atom. The Morgan fingerprint density at radius 3 is 2.25 bits per heavy atom. The van der Waals surface area contributed by atoms with Gasteiger partial charge in [0.05, 0.1) is 11.6 Å². The maximum Gasteiger partial charge on any atom is 0.130 e. The molecule has 0 aliphatic heterocycles. The second-order valence-electron chi connectivity index (χ2n) is 5.20. The second-order valence-corrected chi connectivity index (χ2v) is 5.20. The Morgan fingerprint density at radius 2 is 1.75 bits per heavy atom. The highest BCUT2D eigenvalue weighted by Crippen LogP contribution is 2.33. The van der Waals surface area contributed by atoms with Gasteiger partial charge in [-0.3, -0.25) is 0 Å². The molecule has 0 aliphatic carbocycles. The summed E-state index contributed by atoms with van der Waals surface area (Å²) in [4.78, 5) is 0. The van der Waals surface area contributed by atoms with Gasteiger partial charge in [0, 0.05) is 5.56 Å². The fourth-order valence-electron chi connectivity index (χ4n) is 2.55. The molecule has 0 fully saturated rings. The van der Waals surface area contributed by atoms with Crippen molar-refractivity contribution in [3.8, 4) is 6.07 Å². The molecule has 0 aromatic heterocycles. The largest absolute Gasteiger partial charge is 0.381 e. The van der Waals surface area contributed by atoms with E-state index in [1.807, 2.05) is 19.1 Å². The van der Waals surface area contributed by atoms with Crippen LogP contribution in [0.1, 0.15) is 34.7 Å². The lowest BCUT2D eigenvalue weighted by Gasteiger charge is -2.27. The van der Waals surface area contributed by atoms with E-state index in [-0.39, 0.29) is 5.56 Å². The monoisotopic (exact) mass is 269 g/mol. The molecule has 1 atom stereocenters. The van der Waals surface area contributed by atoms with Crippen LogP contribution in [0.3, 0.4) is 0 Å². The number of rotatable bonds is 2. The summed E-state index contributed by atoms with van der Waals surface area (Å²) in [5, 5.41) is 19.5. The summed E-state index contributed by atoms with van der Waals surface area (Å²) in [6, 6.07) is 11.8. The molecule has 0 aliphatic rings. The molecule has 0 radical (unpaired) electrons. The number of nitriles is 1. The van der Waals surface area contributed by atoms with E-state index >= 15 is 0 Å². The third kappa shape index (κ3) is 2.43. The first-order valence-corrected chi connectivity index (χ1v) is 6.36. The average molecular weight is 269 g/mol. The molecule has 102 valence electrons. The quantitative estimate of drug-likeness (QED) is 0.905. The Balaban J connectivity index is 2.57. The second kappa shape index (κ2) is 5.07. The zero-order valence-electron chi connectivity index (χ0n) is 11.7. The molecule has 0 spiro atoms. The summed E-state index contributed by atoms with van der Waals surface area (Å²) in [5.74, 6) is -0.420. The van der Waals surface area contributed by atoms with Gasteiger partial charge in [0.25, 0.3) is 0 Å². The Labute approximate surface area is 118 Å². The van der Waals surface area contributed by atoms with Gasteiger partial charge in [0.15, 0.2) is 0 Å². The molecule has 0 saturated carbocycles. The van der Waals surface area contributed by atoms with Gasteiger partial charge in [-0.25, -0.2) is 4.39 Å². The predicted molar refractivity (Wildman–Crippen MR) is 75.7 cm³/mol. The highest BCUT2D eigenvalue weighted by atomic mass is 19.1. The van der Waals surface area contributed by atoms with E-state index in [0.29, 0.717) is 16.7 Å². The van der Waals surface area contributed by atoms with Crippen molar-refractivity contribution in [1.82, 2.24) is 0 Å². The highest BCUT2D eigenvalue weighted by Gasteiger charge is 2.30. The first-order chi connectivity index (χ1) is 9.36. The number of hydrogen-bond donors (Lipinski definition) is 1. The lowest BCUT2D eigenvalue weighted by Crippen LogP contribution is -2.25. The van der Waals surface area contributed by atoms with E-state index in [0.717, 1.165) is 5.56 Å². The van der Waals surface area contributed by atoms with E-state index in [1.54, 1.807) is 38.1 Å². The van der Waals surface area contributed by atoms with Gasteiger partial charge in [-0.1, -0.05) is 18.2 Å². The maximum absolute atomic E-state index is 14.2. The van der Waals surface area contributed by atoms with Crippen molar-refractivity contribution in [2.75, 3.05) is 0 Å². The summed E-state index contributed by atoms with van der Waals surface area (Å²) >= 11 is 0. The zero-order valence-corrected chi connectivity index (χ0v) is 11.7. The number of benzene rings is 2. The molecule has 3 heteroatoms. The molecule has 0 heterocycles. The molecular weight excluding hydrogens is 253 g/mol. The van der Waals surface area contributed by atoms with Crippen molar-refractivity contribution >= 4 is 0 Å². The van der Waals surface area contributed by atoms with Gasteiger partial charge in [-0.15, -0.1) is 0 Å². The van der Waals surface area contributed by atoms with Crippen LogP contribution in [-0.2, 0) is 5.60 Å². The van der Waals surface area contributed by atoms with Gasteiger partial charge in [0.2, 0.25) is 0 Å². The zero-order chi connectivity index (χ0) is 14.9. The van der Waals surface area contributed by atoms with Crippen LogP contribution in [0.5, 0.6) is 0 Å². The number of aliphatic hydroxyl groups is 1. The van der Waals surface area contributed by atoms with Crippen LogP contribution in [-0.4, -0.2) is 5.11 Å². The third-order valence-electron chi connectivity index (χ3n) is 3.49. The smallest absolute Gasteiger partial charge is 0.130 e. The van der Waals surface area contributed by atoms with E-state index < -0.39 is 11.4 Å².